The summed E-state index contributed by atoms with van der Waals surface area (Å²) >= 11 is 0. The van der Waals surface area contributed by atoms with Crippen molar-refractivity contribution in [1.29, 1.82) is 0 Å². The third kappa shape index (κ3) is 12.6. The molecule has 15 heteroatoms. The first-order chi connectivity index (χ1) is 18.5. The Morgan fingerprint density at radius 1 is 1.03 bits per heavy atom. The monoisotopic (exact) mass is 552 g/mol. The molecule has 1 aromatic rings. The molecule has 3 amide bonds. The van der Waals surface area contributed by atoms with Crippen molar-refractivity contribution in [3.63, 3.8) is 0 Å². The van der Waals surface area contributed by atoms with E-state index in [-0.39, 0.29) is 37.7 Å². The highest BCUT2D eigenvalue weighted by Crippen LogP contribution is 2.11. The van der Waals surface area contributed by atoms with Gasteiger partial charge in [0.05, 0.1) is 12.4 Å². The number of nitrogens with one attached hydrogen (secondary N) is 4. The molecule has 1 heterocycles. The number of hydrogen-bond donors (Lipinski definition) is 9. The number of nitrogens with two attached hydrogens (primary N) is 4. The Balaban J connectivity index is 2.94. The standard InChI is InChI=1S/C24H44N10O5/c1-3-14(2)19(22(37)33-18(23(38)39)8-6-10-30-24(27)28)34-21(36)17(7-4-5-9-25)32-20(35)16(26)11-15-12-29-13-31-15/h12-14,16-19H,3-11,25-26H2,1-2H3,(H,29,31)(H,32,35)(H,33,37)(H,34,36)(H,38,39)(H4,27,28,30). The van der Waals surface area contributed by atoms with Gasteiger partial charge in [0.25, 0.3) is 0 Å². The summed E-state index contributed by atoms with van der Waals surface area (Å²) in [6, 6.07) is -4.13. The zero-order valence-electron chi connectivity index (χ0n) is 22.7. The van der Waals surface area contributed by atoms with Crippen molar-refractivity contribution in [3.05, 3.63) is 18.2 Å². The predicted octanol–water partition coefficient (Wildman–Crippen LogP) is -1.95. The Morgan fingerprint density at radius 2 is 1.69 bits per heavy atom. The maximum absolute atomic E-state index is 13.3. The van der Waals surface area contributed by atoms with Crippen LogP contribution in [0.15, 0.2) is 17.5 Å². The van der Waals surface area contributed by atoms with Crippen LogP contribution in [0.2, 0.25) is 0 Å². The van der Waals surface area contributed by atoms with E-state index in [0.717, 1.165) is 0 Å². The molecule has 0 aromatic carbocycles. The second-order valence-corrected chi connectivity index (χ2v) is 9.45. The van der Waals surface area contributed by atoms with Gasteiger partial charge in [-0.05, 0) is 44.6 Å². The quantitative estimate of drug-likeness (QED) is 0.0519. The number of rotatable bonds is 19. The van der Waals surface area contributed by atoms with E-state index >= 15 is 0 Å². The Bertz CT molecular complexity index is 936. The van der Waals surface area contributed by atoms with Crippen molar-refractivity contribution < 1.29 is 24.3 Å². The van der Waals surface area contributed by atoms with Crippen LogP contribution in [-0.2, 0) is 25.6 Å². The molecule has 5 unspecified atom stereocenters. The number of carbonyl (C=O) groups is 4. The Labute approximate surface area is 228 Å². The lowest BCUT2D eigenvalue weighted by atomic mass is 9.96. The highest BCUT2D eigenvalue weighted by Gasteiger charge is 2.32. The topological polar surface area (TPSA) is 270 Å². The molecule has 0 aliphatic rings. The number of carboxylic acids is 1. The van der Waals surface area contributed by atoms with Gasteiger partial charge in [-0.3, -0.25) is 19.4 Å². The van der Waals surface area contributed by atoms with Gasteiger partial charge in [0.15, 0.2) is 5.96 Å². The maximum Gasteiger partial charge on any atom is 0.326 e. The molecular weight excluding hydrogens is 508 g/mol. The number of aliphatic imine (C=N–C) groups is 1. The fourth-order valence-corrected chi connectivity index (χ4v) is 3.74. The summed E-state index contributed by atoms with van der Waals surface area (Å²) in [6.45, 7) is 4.23. The van der Waals surface area contributed by atoms with Crippen LogP contribution >= 0.6 is 0 Å². The van der Waals surface area contributed by atoms with Gasteiger partial charge in [-0.1, -0.05) is 20.3 Å². The van der Waals surface area contributed by atoms with Crippen LogP contribution < -0.4 is 38.9 Å². The van der Waals surface area contributed by atoms with Crippen LogP contribution in [-0.4, -0.2) is 82.0 Å². The van der Waals surface area contributed by atoms with E-state index in [0.29, 0.717) is 37.9 Å². The normalized spacial score (nSPS) is 14.8. The molecule has 0 aliphatic carbocycles. The molecule has 220 valence electrons. The van der Waals surface area contributed by atoms with Crippen LogP contribution in [0.1, 0.15) is 58.1 Å². The second-order valence-electron chi connectivity index (χ2n) is 9.45. The Morgan fingerprint density at radius 3 is 2.26 bits per heavy atom. The van der Waals surface area contributed by atoms with Gasteiger partial charge in [0.1, 0.15) is 18.1 Å². The van der Waals surface area contributed by atoms with Crippen molar-refractivity contribution in [2.45, 2.75) is 83.0 Å². The molecule has 1 rings (SSSR count). The lowest BCUT2D eigenvalue weighted by Gasteiger charge is -2.28. The van der Waals surface area contributed by atoms with Crippen LogP contribution in [0.3, 0.4) is 0 Å². The van der Waals surface area contributed by atoms with Gasteiger partial charge in [-0.25, -0.2) is 9.78 Å². The number of aromatic amines is 1. The number of H-pyrrole nitrogens is 1. The summed E-state index contributed by atoms with van der Waals surface area (Å²) < 4.78 is 0. The number of aromatic nitrogens is 2. The third-order valence-electron chi connectivity index (χ3n) is 6.26. The van der Waals surface area contributed by atoms with Crippen molar-refractivity contribution >= 4 is 29.7 Å². The molecule has 0 saturated heterocycles. The summed E-state index contributed by atoms with van der Waals surface area (Å²) in [7, 11) is 0. The Kier molecular flexibility index (Phi) is 15.1. The SMILES string of the molecule is CCC(C)C(NC(=O)C(CCCCN)NC(=O)C(N)Cc1cnc[nH]1)C(=O)NC(CCCN=C(N)N)C(=O)O. The highest BCUT2D eigenvalue weighted by molar-refractivity contribution is 5.94. The average Bonchev–Trinajstić information content (AvgIpc) is 3.40. The van der Waals surface area contributed by atoms with E-state index in [9.17, 15) is 24.3 Å². The zero-order valence-corrected chi connectivity index (χ0v) is 22.7. The number of carboxylic acid groups (broad SMARTS) is 1. The smallest absolute Gasteiger partial charge is 0.326 e. The van der Waals surface area contributed by atoms with Gasteiger partial charge in [-0.15, -0.1) is 0 Å². The molecule has 15 nitrogen and oxygen atoms in total. The minimum absolute atomic E-state index is 0.0883. The minimum Gasteiger partial charge on any atom is -0.480 e. The second kappa shape index (κ2) is 17.7. The number of aliphatic carboxylic acids is 1. The van der Waals surface area contributed by atoms with Gasteiger partial charge < -0.3 is 49.0 Å². The summed E-state index contributed by atoms with van der Waals surface area (Å²) in [5.74, 6) is -3.41. The first-order valence-corrected chi connectivity index (χ1v) is 13.1. The summed E-state index contributed by atoms with van der Waals surface area (Å²) in [5, 5.41) is 17.5. The van der Waals surface area contributed by atoms with Gasteiger partial charge in [0.2, 0.25) is 17.7 Å². The Hall–Kier alpha value is -3.72. The third-order valence-corrected chi connectivity index (χ3v) is 6.26. The summed E-state index contributed by atoms with van der Waals surface area (Å²) in [6.07, 6.45) is 5.64. The fraction of sp³-hybridized carbons (Fsp3) is 0.667. The molecule has 13 N–H and O–H groups in total. The average molecular weight is 553 g/mol. The van der Waals surface area contributed by atoms with Gasteiger partial charge in [0, 0.05) is 24.9 Å². The van der Waals surface area contributed by atoms with Crippen LogP contribution in [0.4, 0.5) is 0 Å². The number of unbranched alkanes of at least 4 members (excludes halogenated alkanes) is 1. The van der Waals surface area contributed by atoms with E-state index in [4.69, 9.17) is 22.9 Å². The maximum atomic E-state index is 13.3. The van der Waals surface area contributed by atoms with Crippen molar-refractivity contribution in [1.82, 2.24) is 25.9 Å². The number of guanidine groups is 1. The highest BCUT2D eigenvalue weighted by atomic mass is 16.4. The largest absolute Gasteiger partial charge is 0.480 e. The van der Waals surface area contributed by atoms with Crippen LogP contribution in [0.5, 0.6) is 0 Å². The molecule has 39 heavy (non-hydrogen) atoms. The van der Waals surface area contributed by atoms with Crippen LogP contribution in [0, 0.1) is 5.92 Å². The molecule has 0 bridgehead atoms. The molecule has 5 atom stereocenters. The summed E-state index contributed by atoms with van der Waals surface area (Å²) in [5.41, 5.74) is 22.8. The van der Waals surface area contributed by atoms with Crippen molar-refractivity contribution in [2.24, 2.45) is 33.8 Å². The lowest BCUT2D eigenvalue weighted by molar-refractivity contribution is -0.143. The van der Waals surface area contributed by atoms with Gasteiger partial charge >= 0.3 is 5.97 Å². The first-order valence-electron chi connectivity index (χ1n) is 13.1. The van der Waals surface area contributed by atoms with E-state index in [1.54, 1.807) is 13.1 Å². The van der Waals surface area contributed by atoms with E-state index in [1.807, 2.05) is 6.92 Å². The fourth-order valence-electron chi connectivity index (χ4n) is 3.74. The number of hydrogen-bond acceptors (Lipinski definition) is 8. The van der Waals surface area contributed by atoms with E-state index < -0.39 is 47.9 Å². The van der Waals surface area contributed by atoms with E-state index in [1.165, 1.54) is 6.33 Å². The molecule has 0 spiro atoms. The molecule has 0 radical (unpaired) electrons. The minimum atomic E-state index is -1.22. The molecule has 1 aromatic heterocycles. The summed E-state index contributed by atoms with van der Waals surface area (Å²) in [4.78, 5) is 61.5. The molecular formula is C24H44N10O5. The number of carbonyl (C=O) groups excluding carboxylic acids is 3. The van der Waals surface area contributed by atoms with E-state index in [2.05, 4.69) is 30.9 Å². The number of amides is 3. The number of nitrogens with zero attached hydrogens (tertiary/aromatic N) is 2. The zero-order chi connectivity index (χ0) is 29.4. The molecule has 0 saturated carbocycles. The lowest BCUT2D eigenvalue weighted by Crippen LogP contribution is -2.58. The molecule has 0 aliphatic heterocycles. The van der Waals surface area contributed by atoms with Crippen molar-refractivity contribution in [2.75, 3.05) is 13.1 Å². The molecule has 0 fully saturated rings. The predicted molar refractivity (Wildman–Crippen MR) is 146 cm³/mol. The van der Waals surface area contributed by atoms with Gasteiger partial charge in [-0.2, -0.15) is 0 Å². The van der Waals surface area contributed by atoms with Crippen molar-refractivity contribution in [3.8, 4) is 0 Å². The van der Waals surface area contributed by atoms with Crippen LogP contribution in [0.25, 0.3) is 0 Å². The number of imidazole rings is 1. The first kappa shape index (κ1) is 33.3.